The SMILES string of the molecule is O=C(Nc1cnc2c(c1)N(S(=O)(=O)c1ccc(F)cc1)CC(N1CCCC1=O)C2)OCc1ccccc1. The number of carbonyl (C=O) groups is 2. The molecule has 1 saturated heterocycles. The van der Waals surface area contributed by atoms with Gasteiger partial charge in [-0.05, 0) is 42.3 Å². The van der Waals surface area contributed by atoms with Crippen molar-refractivity contribution >= 4 is 33.4 Å². The number of ether oxygens (including phenoxy) is 1. The first-order valence-electron chi connectivity index (χ1n) is 11.9. The van der Waals surface area contributed by atoms with Crippen molar-refractivity contribution in [2.75, 3.05) is 22.7 Å². The molecule has 0 spiro atoms. The molecule has 2 aromatic carbocycles. The fourth-order valence-corrected chi connectivity index (χ4v) is 6.12. The minimum absolute atomic E-state index is 0.0159. The Kier molecular flexibility index (Phi) is 6.79. The Hall–Kier alpha value is -3.99. The Labute approximate surface area is 213 Å². The van der Waals surface area contributed by atoms with Crippen molar-refractivity contribution in [1.29, 1.82) is 0 Å². The van der Waals surface area contributed by atoms with E-state index in [-0.39, 0.29) is 41.4 Å². The molecule has 1 aromatic heterocycles. The second kappa shape index (κ2) is 10.2. The second-order valence-electron chi connectivity index (χ2n) is 8.92. The summed E-state index contributed by atoms with van der Waals surface area (Å²) in [5, 5.41) is 2.60. The predicted molar refractivity (Wildman–Crippen MR) is 134 cm³/mol. The number of nitrogens with one attached hydrogen (secondary N) is 1. The number of aromatic nitrogens is 1. The highest BCUT2D eigenvalue weighted by Crippen LogP contribution is 2.35. The molecule has 9 nitrogen and oxygen atoms in total. The van der Waals surface area contributed by atoms with Gasteiger partial charge < -0.3 is 9.64 Å². The van der Waals surface area contributed by atoms with E-state index in [2.05, 4.69) is 10.3 Å². The molecule has 11 heteroatoms. The van der Waals surface area contributed by atoms with Crippen LogP contribution in [0.2, 0.25) is 0 Å². The van der Waals surface area contributed by atoms with Gasteiger partial charge in [-0.3, -0.25) is 19.4 Å². The Bertz CT molecular complexity index is 1420. The lowest BCUT2D eigenvalue weighted by molar-refractivity contribution is -0.129. The Morgan fingerprint density at radius 2 is 1.89 bits per heavy atom. The van der Waals surface area contributed by atoms with Crippen LogP contribution in [0.4, 0.5) is 20.6 Å². The van der Waals surface area contributed by atoms with Crippen LogP contribution in [0, 0.1) is 5.82 Å². The quantitative estimate of drug-likeness (QED) is 0.527. The molecule has 0 saturated carbocycles. The molecular formula is C26H25FN4O5S. The molecule has 1 unspecified atom stereocenters. The van der Waals surface area contributed by atoms with Gasteiger partial charge in [-0.25, -0.2) is 17.6 Å². The van der Waals surface area contributed by atoms with E-state index in [1.165, 1.54) is 28.7 Å². The number of anilines is 2. The first-order chi connectivity index (χ1) is 17.8. The van der Waals surface area contributed by atoms with Crippen molar-refractivity contribution in [3.05, 3.63) is 83.9 Å². The Morgan fingerprint density at radius 3 is 2.59 bits per heavy atom. The predicted octanol–water partition coefficient (Wildman–Crippen LogP) is 3.71. The first-order valence-corrected chi connectivity index (χ1v) is 13.3. The summed E-state index contributed by atoms with van der Waals surface area (Å²) in [7, 11) is -4.12. The van der Waals surface area contributed by atoms with Crippen LogP contribution >= 0.6 is 0 Å². The number of rotatable bonds is 6. The zero-order chi connectivity index (χ0) is 26.0. The zero-order valence-electron chi connectivity index (χ0n) is 19.8. The van der Waals surface area contributed by atoms with Crippen LogP contribution in [0.3, 0.4) is 0 Å². The molecule has 5 rings (SSSR count). The van der Waals surface area contributed by atoms with Crippen LogP contribution in [0.15, 0.2) is 71.8 Å². The molecule has 37 heavy (non-hydrogen) atoms. The molecule has 3 aromatic rings. The van der Waals surface area contributed by atoms with E-state index < -0.39 is 21.9 Å². The van der Waals surface area contributed by atoms with Gasteiger partial charge in [0.2, 0.25) is 5.91 Å². The van der Waals surface area contributed by atoms with Gasteiger partial charge in [-0.1, -0.05) is 30.3 Å². The number of benzene rings is 2. The summed E-state index contributed by atoms with van der Waals surface area (Å²) in [5.74, 6) is -0.576. The maximum atomic E-state index is 13.7. The van der Waals surface area contributed by atoms with Gasteiger partial charge in [-0.2, -0.15) is 0 Å². The zero-order valence-corrected chi connectivity index (χ0v) is 20.7. The summed E-state index contributed by atoms with van der Waals surface area (Å²) in [6.45, 7) is 0.639. The number of nitrogens with zero attached hydrogens (tertiary/aromatic N) is 3. The Balaban J connectivity index is 1.43. The van der Waals surface area contributed by atoms with Gasteiger partial charge in [0.05, 0.1) is 40.7 Å². The molecule has 0 bridgehead atoms. The van der Waals surface area contributed by atoms with Gasteiger partial charge in [-0.15, -0.1) is 0 Å². The van der Waals surface area contributed by atoms with E-state index >= 15 is 0 Å². The topological polar surface area (TPSA) is 109 Å². The third kappa shape index (κ3) is 5.26. The number of sulfonamides is 1. The third-order valence-corrected chi connectivity index (χ3v) is 8.23. The van der Waals surface area contributed by atoms with E-state index in [1.807, 2.05) is 30.3 Å². The fourth-order valence-electron chi connectivity index (χ4n) is 4.60. The fraction of sp³-hybridized carbons (Fsp3) is 0.269. The summed E-state index contributed by atoms with van der Waals surface area (Å²) in [6.07, 6.45) is 2.23. The van der Waals surface area contributed by atoms with Crippen LogP contribution in [-0.4, -0.2) is 49.4 Å². The highest BCUT2D eigenvalue weighted by atomic mass is 32.2. The molecule has 0 aliphatic carbocycles. The molecule has 2 aliphatic rings. The monoisotopic (exact) mass is 524 g/mol. The van der Waals surface area contributed by atoms with E-state index in [1.54, 1.807) is 4.90 Å². The summed E-state index contributed by atoms with van der Waals surface area (Å²) >= 11 is 0. The van der Waals surface area contributed by atoms with Crippen molar-refractivity contribution < 1.29 is 27.1 Å². The molecule has 2 aliphatic heterocycles. The number of fused-ring (bicyclic) bond motifs is 1. The van der Waals surface area contributed by atoms with Crippen molar-refractivity contribution in [3.8, 4) is 0 Å². The maximum Gasteiger partial charge on any atom is 0.412 e. The highest BCUT2D eigenvalue weighted by Gasteiger charge is 2.39. The average Bonchev–Trinajstić information content (AvgIpc) is 3.33. The van der Waals surface area contributed by atoms with Crippen molar-refractivity contribution in [1.82, 2.24) is 9.88 Å². The van der Waals surface area contributed by atoms with E-state index in [4.69, 9.17) is 4.74 Å². The number of amides is 2. The van der Waals surface area contributed by atoms with Crippen molar-refractivity contribution in [2.24, 2.45) is 0 Å². The second-order valence-corrected chi connectivity index (χ2v) is 10.8. The molecule has 2 amide bonds. The van der Waals surface area contributed by atoms with Crippen LogP contribution < -0.4 is 9.62 Å². The number of hydrogen-bond acceptors (Lipinski definition) is 6. The van der Waals surface area contributed by atoms with E-state index in [0.29, 0.717) is 31.5 Å². The van der Waals surface area contributed by atoms with Gasteiger partial charge in [0, 0.05) is 19.4 Å². The van der Waals surface area contributed by atoms with Crippen LogP contribution in [0.5, 0.6) is 0 Å². The van der Waals surface area contributed by atoms with Gasteiger partial charge >= 0.3 is 6.09 Å². The largest absolute Gasteiger partial charge is 0.444 e. The van der Waals surface area contributed by atoms with Crippen molar-refractivity contribution in [2.45, 2.75) is 36.8 Å². The van der Waals surface area contributed by atoms with Crippen LogP contribution in [-0.2, 0) is 32.6 Å². The lowest BCUT2D eigenvalue weighted by Gasteiger charge is -2.38. The van der Waals surface area contributed by atoms with Crippen molar-refractivity contribution in [3.63, 3.8) is 0 Å². The number of carbonyl (C=O) groups excluding carboxylic acids is 2. The lowest BCUT2D eigenvalue weighted by atomic mass is 10.0. The summed E-state index contributed by atoms with van der Waals surface area (Å²) in [6, 6.07) is 14.9. The minimum Gasteiger partial charge on any atom is -0.444 e. The van der Waals surface area contributed by atoms with Crippen LogP contribution in [0.25, 0.3) is 0 Å². The molecule has 1 atom stereocenters. The average molecular weight is 525 g/mol. The third-order valence-electron chi connectivity index (χ3n) is 6.43. The minimum atomic E-state index is -4.12. The summed E-state index contributed by atoms with van der Waals surface area (Å²) in [5.41, 5.74) is 1.84. The van der Waals surface area contributed by atoms with Gasteiger partial charge in [0.1, 0.15) is 12.4 Å². The van der Waals surface area contributed by atoms with Crippen LogP contribution in [0.1, 0.15) is 24.1 Å². The molecule has 192 valence electrons. The molecule has 1 fully saturated rings. The molecular weight excluding hydrogens is 499 g/mol. The summed E-state index contributed by atoms with van der Waals surface area (Å²) in [4.78, 5) is 30.8. The first kappa shape index (κ1) is 24.7. The normalized spacial score (nSPS) is 17.4. The van der Waals surface area contributed by atoms with Gasteiger partial charge in [0.15, 0.2) is 0 Å². The number of pyridine rings is 1. The lowest BCUT2D eigenvalue weighted by Crippen LogP contribution is -2.51. The molecule has 3 heterocycles. The smallest absolute Gasteiger partial charge is 0.412 e. The van der Waals surface area contributed by atoms with Gasteiger partial charge in [0.25, 0.3) is 10.0 Å². The highest BCUT2D eigenvalue weighted by molar-refractivity contribution is 7.92. The number of likely N-dealkylation sites (tertiary alicyclic amines) is 1. The Morgan fingerprint density at radius 1 is 1.14 bits per heavy atom. The maximum absolute atomic E-state index is 13.7. The van der Waals surface area contributed by atoms with E-state index in [0.717, 1.165) is 17.7 Å². The van der Waals surface area contributed by atoms with E-state index in [9.17, 15) is 22.4 Å². The number of hydrogen-bond donors (Lipinski definition) is 1. The molecule has 0 radical (unpaired) electrons. The summed E-state index contributed by atoms with van der Waals surface area (Å²) < 4.78 is 47.3. The molecule has 1 N–H and O–H groups in total. The standard InChI is InChI=1S/C26H25FN4O5S/c27-19-8-10-22(11-9-19)37(34,35)31-16-21(30-12-4-7-25(30)32)14-23-24(31)13-20(15-28-23)29-26(33)36-17-18-5-2-1-3-6-18/h1-3,5-6,8-11,13,15,21H,4,7,12,14,16-17H2,(H,29,33). The number of halogens is 1.